The monoisotopic (exact) mass is 302 g/mol. The number of nitrogen functional groups attached to an aromatic ring is 1. The van der Waals surface area contributed by atoms with Gasteiger partial charge in [-0.3, -0.25) is 4.79 Å². The fourth-order valence-corrected chi connectivity index (χ4v) is 2.67. The van der Waals surface area contributed by atoms with E-state index in [9.17, 15) is 4.79 Å². The minimum absolute atomic E-state index is 0.0710. The number of benzene rings is 1. The van der Waals surface area contributed by atoms with Crippen LogP contribution < -0.4 is 5.73 Å². The minimum Gasteiger partial charge on any atom is -0.396 e. The molecule has 19 heavy (non-hydrogen) atoms. The van der Waals surface area contributed by atoms with Crippen LogP contribution in [0.25, 0.3) is 0 Å². The topological polar surface area (TPSA) is 55.6 Å². The number of halogens is 2. The van der Waals surface area contributed by atoms with Gasteiger partial charge in [0.15, 0.2) is 0 Å². The van der Waals surface area contributed by atoms with E-state index in [4.69, 9.17) is 33.7 Å². The van der Waals surface area contributed by atoms with Crippen LogP contribution in [0.3, 0.4) is 0 Å². The third kappa shape index (κ3) is 3.14. The van der Waals surface area contributed by atoms with Gasteiger partial charge in [-0.05, 0) is 25.0 Å². The lowest BCUT2D eigenvalue weighted by molar-refractivity contribution is 0.0351. The first kappa shape index (κ1) is 14.4. The predicted molar refractivity (Wildman–Crippen MR) is 76.8 cm³/mol. The van der Waals surface area contributed by atoms with Crippen LogP contribution >= 0.6 is 23.2 Å². The second-order valence-electron chi connectivity index (χ2n) is 4.58. The fraction of sp³-hybridized carbons (Fsp3) is 0.462. The van der Waals surface area contributed by atoms with Crippen molar-refractivity contribution in [1.29, 1.82) is 0 Å². The minimum atomic E-state index is -0.0710. The molecule has 1 fully saturated rings. The zero-order valence-electron chi connectivity index (χ0n) is 10.7. The Morgan fingerprint density at radius 3 is 2.32 bits per heavy atom. The van der Waals surface area contributed by atoms with Crippen molar-refractivity contribution in [2.45, 2.75) is 18.9 Å². The molecule has 0 radical (unpaired) electrons. The number of ether oxygens (including phenoxy) is 1. The molecule has 1 aromatic rings. The molecule has 1 aromatic carbocycles. The molecular formula is C13H16Cl2N2O2. The highest BCUT2D eigenvalue weighted by atomic mass is 35.5. The van der Waals surface area contributed by atoms with Crippen LogP contribution in [0.5, 0.6) is 0 Å². The summed E-state index contributed by atoms with van der Waals surface area (Å²) in [6.07, 6.45) is 1.93. The standard InChI is InChI=1S/C13H16Cl2N2O2/c1-19-9-2-4-17(5-3-9)13(18)8-6-10(14)12(16)11(15)7-8/h6-7,9H,2-5,16H2,1H3. The molecule has 2 rings (SSSR count). The maximum absolute atomic E-state index is 12.3. The number of hydrogen-bond donors (Lipinski definition) is 1. The van der Waals surface area contributed by atoms with Gasteiger partial charge in [-0.2, -0.15) is 0 Å². The molecule has 0 aliphatic carbocycles. The summed E-state index contributed by atoms with van der Waals surface area (Å²) in [5, 5.41) is 0.616. The molecule has 0 atom stereocenters. The van der Waals surface area contributed by atoms with Crippen LogP contribution in [0.15, 0.2) is 12.1 Å². The van der Waals surface area contributed by atoms with E-state index in [1.165, 1.54) is 0 Å². The quantitative estimate of drug-likeness (QED) is 0.855. The summed E-state index contributed by atoms with van der Waals surface area (Å²) in [6, 6.07) is 3.13. The van der Waals surface area contributed by atoms with Crippen LogP contribution in [-0.4, -0.2) is 37.1 Å². The number of anilines is 1. The number of hydrogen-bond acceptors (Lipinski definition) is 3. The van der Waals surface area contributed by atoms with Crippen molar-refractivity contribution < 1.29 is 9.53 Å². The number of amides is 1. The van der Waals surface area contributed by atoms with Crippen molar-refractivity contribution in [3.8, 4) is 0 Å². The number of methoxy groups -OCH3 is 1. The lowest BCUT2D eigenvalue weighted by Gasteiger charge is -2.31. The van der Waals surface area contributed by atoms with Crippen molar-refractivity contribution in [2.75, 3.05) is 25.9 Å². The molecule has 0 unspecified atom stereocenters. The molecule has 0 spiro atoms. The highest BCUT2D eigenvalue weighted by molar-refractivity contribution is 6.39. The normalized spacial score (nSPS) is 16.7. The van der Waals surface area contributed by atoms with E-state index in [-0.39, 0.29) is 12.0 Å². The number of carbonyl (C=O) groups excluding carboxylic acids is 1. The average Bonchev–Trinajstić information content (AvgIpc) is 2.43. The first-order valence-corrected chi connectivity index (χ1v) is 6.85. The Hall–Kier alpha value is -0.970. The highest BCUT2D eigenvalue weighted by Crippen LogP contribution is 2.29. The second-order valence-corrected chi connectivity index (χ2v) is 5.40. The Bertz CT molecular complexity index is 463. The molecule has 0 aromatic heterocycles. The van der Waals surface area contributed by atoms with Gasteiger partial charge in [-0.1, -0.05) is 23.2 Å². The lowest BCUT2D eigenvalue weighted by atomic mass is 10.1. The molecule has 1 heterocycles. The lowest BCUT2D eigenvalue weighted by Crippen LogP contribution is -2.40. The SMILES string of the molecule is COC1CCN(C(=O)c2cc(Cl)c(N)c(Cl)c2)CC1. The van der Waals surface area contributed by atoms with Gasteiger partial charge in [-0.25, -0.2) is 0 Å². The maximum Gasteiger partial charge on any atom is 0.253 e. The Morgan fingerprint density at radius 1 is 1.32 bits per heavy atom. The molecule has 6 heteroatoms. The molecule has 1 saturated heterocycles. The van der Waals surface area contributed by atoms with Gasteiger partial charge in [0.2, 0.25) is 0 Å². The summed E-state index contributed by atoms with van der Waals surface area (Å²) >= 11 is 11.9. The van der Waals surface area contributed by atoms with Crippen LogP contribution in [0, 0.1) is 0 Å². The average molecular weight is 303 g/mol. The van der Waals surface area contributed by atoms with Crippen LogP contribution in [0.4, 0.5) is 5.69 Å². The number of nitrogens with zero attached hydrogens (tertiary/aromatic N) is 1. The number of piperidine rings is 1. The Labute approximate surface area is 122 Å². The summed E-state index contributed by atoms with van der Waals surface area (Å²) in [6.45, 7) is 1.36. The third-order valence-electron chi connectivity index (χ3n) is 3.39. The smallest absolute Gasteiger partial charge is 0.253 e. The van der Waals surface area contributed by atoms with E-state index < -0.39 is 0 Å². The number of rotatable bonds is 2. The van der Waals surface area contributed by atoms with Gasteiger partial charge in [0, 0.05) is 25.8 Å². The van der Waals surface area contributed by atoms with E-state index in [2.05, 4.69) is 0 Å². The summed E-state index contributed by atoms with van der Waals surface area (Å²) in [7, 11) is 1.70. The Kier molecular flexibility index (Phi) is 4.55. The fourth-order valence-electron chi connectivity index (χ4n) is 2.18. The summed E-state index contributed by atoms with van der Waals surface area (Å²) in [5.41, 5.74) is 6.44. The highest BCUT2D eigenvalue weighted by Gasteiger charge is 2.24. The van der Waals surface area contributed by atoms with Crippen LogP contribution in [0.1, 0.15) is 23.2 Å². The molecule has 1 aliphatic rings. The largest absolute Gasteiger partial charge is 0.396 e. The first-order valence-electron chi connectivity index (χ1n) is 6.09. The number of likely N-dealkylation sites (tertiary alicyclic amines) is 1. The van der Waals surface area contributed by atoms with E-state index in [1.807, 2.05) is 0 Å². The first-order chi connectivity index (χ1) is 9.02. The van der Waals surface area contributed by atoms with Gasteiger partial charge < -0.3 is 15.4 Å². The summed E-state index contributed by atoms with van der Waals surface area (Å²) in [5.74, 6) is -0.0710. The predicted octanol–water partition coefficient (Wildman–Crippen LogP) is 2.83. The van der Waals surface area contributed by atoms with Gasteiger partial charge in [0.25, 0.3) is 5.91 Å². The molecule has 1 aliphatic heterocycles. The van der Waals surface area contributed by atoms with Crippen molar-refractivity contribution in [3.63, 3.8) is 0 Å². The van der Waals surface area contributed by atoms with E-state index in [1.54, 1.807) is 24.1 Å². The van der Waals surface area contributed by atoms with Gasteiger partial charge >= 0.3 is 0 Å². The zero-order valence-corrected chi connectivity index (χ0v) is 12.2. The van der Waals surface area contributed by atoms with Crippen LogP contribution in [-0.2, 0) is 4.74 Å². The van der Waals surface area contributed by atoms with E-state index in [0.717, 1.165) is 12.8 Å². The molecule has 2 N–H and O–H groups in total. The van der Waals surface area contributed by atoms with Crippen LogP contribution in [0.2, 0.25) is 10.0 Å². The summed E-state index contributed by atoms with van der Waals surface area (Å²) in [4.78, 5) is 14.1. The summed E-state index contributed by atoms with van der Waals surface area (Å²) < 4.78 is 5.28. The molecule has 0 bridgehead atoms. The van der Waals surface area contributed by atoms with Gasteiger partial charge in [0.05, 0.1) is 21.8 Å². The number of carbonyl (C=O) groups is 1. The molecule has 104 valence electrons. The Balaban J connectivity index is 2.12. The molecule has 1 amide bonds. The van der Waals surface area contributed by atoms with Crippen molar-refractivity contribution in [3.05, 3.63) is 27.7 Å². The van der Waals surface area contributed by atoms with E-state index in [0.29, 0.717) is 34.4 Å². The Morgan fingerprint density at radius 2 is 1.84 bits per heavy atom. The molecule has 0 saturated carbocycles. The van der Waals surface area contributed by atoms with Crippen molar-refractivity contribution in [2.24, 2.45) is 0 Å². The van der Waals surface area contributed by atoms with Gasteiger partial charge in [0.1, 0.15) is 0 Å². The van der Waals surface area contributed by atoms with Crippen molar-refractivity contribution in [1.82, 2.24) is 4.90 Å². The number of nitrogens with two attached hydrogens (primary N) is 1. The molecule has 4 nitrogen and oxygen atoms in total. The molecular weight excluding hydrogens is 287 g/mol. The van der Waals surface area contributed by atoms with Crippen molar-refractivity contribution >= 4 is 34.8 Å². The second kappa shape index (κ2) is 5.99. The van der Waals surface area contributed by atoms with E-state index >= 15 is 0 Å². The zero-order chi connectivity index (χ0) is 14.0. The van der Waals surface area contributed by atoms with Gasteiger partial charge in [-0.15, -0.1) is 0 Å². The maximum atomic E-state index is 12.3. The third-order valence-corrected chi connectivity index (χ3v) is 4.01.